The molecule has 5 nitrogen and oxygen atoms in total. The Morgan fingerprint density at radius 1 is 1.47 bits per heavy atom. The highest BCUT2D eigenvalue weighted by molar-refractivity contribution is 5.77. The number of likely N-dealkylation sites (N-methyl/N-ethyl adjacent to an activating group) is 1. The summed E-state index contributed by atoms with van der Waals surface area (Å²) in [7, 11) is 3.43. The van der Waals surface area contributed by atoms with E-state index in [-0.39, 0.29) is 12.5 Å². The van der Waals surface area contributed by atoms with Crippen LogP contribution in [0, 0.1) is 0 Å². The maximum atomic E-state index is 11.2. The zero-order valence-corrected chi connectivity index (χ0v) is 9.45. The third-order valence-corrected chi connectivity index (χ3v) is 2.65. The van der Waals surface area contributed by atoms with Gasteiger partial charge in [-0.3, -0.25) is 4.79 Å². The maximum Gasteiger partial charge on any atom is 0.236 e. The van der Waals surface area contributed by atoms with Gasteiger partial charge in [0.25, 0.3) is 0 Å². The summed E-state index contributed by atoms with van der Waals surface area (Å²) in [6.07, 6.45) is 1.27. The number of ether oxygens (including phenoxy) is 1. The van der Waals surface area contributed by atoms with Crippen molar-refractivity contribution in [3.05, 3.63) is 0 Å². The standard InChI is InChI=1S/C10H20N2O3/c1-12(2)9(13)7-11-8-10(14)3-5-15-6-4-10/h11,14H,3-8H2,1-2H3. The Kier molecular flexibility index (Phi) is 4.50. The molecule has 2 N–H and O–H groups in total. The summed E-state index contributed by atoms with van der Waals surface area (Å²) in [5.41, 5.74) is -0.704. The van der Waals surface area contributed by atoms with Crippen molar-refractivity contribution in [3.8, 4) is 0 Å². The predicted molar refractivity (Wildman–Crippen MR) is 56.6 cm³/mol. The molecule has 88 valence electrons. The van der Waals surface area contributed by atoms with Crippen LogP contribution in [0.4, 0.5) is 0 Å². The van der Waals surface area contributed by atoms with E-state index in [9.17, 15) is 9.90 Å². The number of aliphatic hydroxyl groups is 1. The molecule has 15 heavy (non-hydrogen) atoms. The summed E-state index contributed by atoms with van der Waals surface area (Å²) in [4.78, 5) is 12.8. The molecule has 0 saturated carbocycles. The lowest BCUT2D eigenvalue weighted by Gasteiger charge is -2.32. The average Bonchev–Trinajstić information content (AvgIpc) is 2.18. The normalized spacial score (nSPS) is 19.9. The fourth-order valence-electron chi connectivity index (χ4n) is 1.49. The zero-order chi connectivity index (χ0) is 11.3. The molecule has 1 saturated heterocycles. The van der Waals surface area contributed by atoms with E-state index < -0.39 is 5.60 Å². The van der Waals surface area contributed by atoms with Crippen LogP contribution in [0.3, 0.4) is 0 Å². The molecule has 0 aromatic heterocycles. The van der Waals surface area contributed by atoms with Gasteiger partial charge in [-0.05, 0) is 0 Å². The van der Waals surface area contributed by atoms with Gasteiger partial charge in [-0.1, -0.05) is 0 Å². The summed E-state index contributed by atoms with van der Waals surface area (Å²) in [5.74, 6) is 0.0191. The van der Waals surface area contributed by atoms with Crippen LogP contribution in [0.1, 0.15) is 12.8 Å². The van der Waals surface area contributed by atoms with E-state index in [1.807, 2.05) is 0 Å². The Balaban J connectivity index is 2.21. The largest absolute Gasteiger partial charge is 0.388 e. The van der Waals surface area contributed by atoms with Crippen LogP contribution >= 0.6 is 0 Å². The van der Waals surface area contributed by atoms with Crippen molar-refractivity contribution in [1.82, 2.24) is 10.2 Å². The van der Waals surface area contributed by atoms with E-state index in [1.54, 1.807) is 14.1 Å². The van der Waals surface area contributed by atoms with Gasteiger partial charge in [0.15, 0.2) is 0 Å². The number of amides is 1. The Morgan fingerprint density at radius 2 is 2.07 bits per heavy atom. The van der Waals surface area contributed by atoms with Gasteiger partial charge >= 0.3 is 0 Å². The van der Waals surface area contributed by atoms with E-state index in [1.165, 1.54) is 4.90 Å². The fourth-order valence-corrected chi connectivity index (χ4v) is 1.49. The summed E-state index contributed by atoms with van der Waals surface area (Å²) in [6.45, 7) is 1.92. The molecule has 0 spiro atoms. The van der Waals surface area contributed by atoms with Crippen LogP contribution in [-0.2, 0) is 9.53 Å². The van der Waals surface area contributed by atoms with Crippen molar-refractivity contribution in [2.45, 2.75) is 18.4 Å². The summed E-state index contributed by atoms with van der Waals surface area (Å²) >= 11 is 0. The van der Waals surface area contributed by atoms with Crippen molar-refractivity contribution < 1.29 is 14.6 Å². The lowest BCUT2D eigenvalue weighted by molar-refractivity contribution is -0.128. The number of carbonyl (C=O) groups excluding carboxylic acids is 1. The molecule has 0 bridgehead atoms. The minimum atomic E-state index is -0.704. The van der Waals surface area contributed by atoms with Gasteiger partial charge in [-0.15, -0.1) is 0 Å². The van der Waals surface area contributed by atoms with E-state index in [4.69, 9.17) is 4.74 Å². The van der Waals surface area contributed by atoms with Gasteiger partial charge in [-0.2, -0.15) is 0 Å². The molecule has 0 aliphatic carbocycles. The van der Waals surface area contributed by atoms with E-state index in [2.05, 4.69) is 5.32 Å². The number of nitrogens with zero attached hydrogens (tertiary/aromatic N) is 1. The van der Waals surface area contributed by atoms with E-state index >= 15 is 0 Å². The third kappa shape index (κ3) is 4.15. The lowest BCUT2D eigenvalue weighted by Crippen LogP contribution is -2.47. The number of rotatable bonds is 4. The lowest BCUT2D eigenvalue weighted by atomic mass is 9.94. The molecule has 0 unspecified atom stereocenters. The van der Waals surface area contributed by atoms with E-state index in [0.29, 0.717) is 32.6 Å². The van der Waals surface area contributed by atoms with Gasteiger partial charge in [0.1, 0.15) is 0 Å². The first kappa shape index (κ1) is 12.4. The molecular formula is C10H20N2O3. The first-order valence-corrected chi connectivity index (χ1v) is 5.24. The van der Waals surface area contributed by atoms with Gasteiger partial charge in [0.2, 0.25) is 5.91 Å². The van der Waals surface area contributed by atoms with Gasteiger partial charge < -0.3 is 20.1 Å². The second-order valence-corrected chi connectivity index (χ2v) is 4.23. The highest BCUT2D eigenvalue weighted by atomic mass is 16.5. The molecule has 5 heteroatoms. The third-order valence-electron chi connectivity index (χ3n) is 2.65. The molecular weight excluding hydrogens is 196 g/mol. The summed E-state index contributed by atoms with van der Waals surface area (Å²) in [5, 5.41) is 13.0. The molecule has 1 aliphatic heterocycles. The molecule has 1 aliphatic rings. The minimum Gasteiger partial charge on any atom is -0.388 e. The molecule has 0 radical (unpaired) electrons. The van der Waals surface area contributed by atoms with Crippen molar-refractivity contribution >= 4 is 5.91 Å². The molecule has 0 aromatic carbocycles. The van der Waals surface area contributed by atoms with Crippen LogP contribution in [0.15, 0.2) is 0 Å². The number of hydrogen-bond acceptors (Lipinski definition) is 4. The van der Waals surface area contributed by atoms with Crippen LogP contribution in [0.5, 0.6) is 0 Å². The second-order valence-electron chi connectivity index (χ2n) is 4.23. The van der Waals surface area contributed by atoms with Crippen molar-refractivity contribution in [3.63, 3.8) is 0 Å². The van der Waals surface area contributed by atoms with Crippen LogP contribution in [0.25, 0.3) is 0 Å². The molecule has 1 rings (SSSR count). The smallest absolute Gasteiger partial charge is 0.236 e. The molecule has 1 fully saturated rings. The Morgan fingerprint density at radius 3 is 2.60 bits per heavy atom. The second kappa shape index (κ2) is 5.44. The van der Waals surface area contributed by atoms with Crippen molar-refractivity contribution in [2.24, 2.45) is 0 Å². The topological polar surface area (TPSA) is 61.8 Å². The number of hydrogen-bond donors (Lipinski definition) is 2. The van der Waals surface area contributed by atoms with Crippen molar-refractivity contribution in [2.75, 3.05) is 40.4 Å². The number of nitrogens with one attached hydrogen (secondary N) is 1. The summed E-state index contributed by atoms with van der Waals surface area (Å²) < 4.78 is 5.17. The quantitative estimate of drug-likeness (QED) is 0.646. The molecule has 0 aromatic rings. The van der Waals surface area contributed by atoms with E-state index in [0.717, 1.165) is 0 Å². The first-order chi connectivity index (χ1) is 7.03. The van der Waals surface area contributed by atoms with Gasteiger partial charge in [0, 0.05) is 46.7 Å². The van der Waals surface area contributed by atoms with Crippen LogP contribution in [0.2, 0.25) is 0 Å². The highest BCUT2D eigenvalue weighted by Crippen LogP contribution is 2.18. The number of carbonyl (C=O) groups is 1. The first-order valence-electron chi connectivity index (χ1n) is 5.24. The zero-order valence-electron chi connectivity index (χ0n) is 9.45. The average molecular weight is 216 g/mol. The maximum absolute atomic E-state index is 11.2. The molecule has 1 heterocycles. The van der Waals surface area contributed by atoms with Crippen LogP contribution < -0.4 is 5.32 Å². The SMILES string of the molecule is CN(C)C(=O)CNCC1(O)CCOCC1. The minimum absolute atomic E-state index is 0.0191. The molecule has 1 amide bonds. The summed E-state index contributed by atoms with van der Waals surface area (Å²) in [6, 6.07) is 0. The Hall–Kier alpha value is -0.650. The monoisotopic (exact) mass is 216 g/mol. The van der Waals surface area contributed by atoms with Gasteiger partial charge in [0.05, 0.1) is 12.1 Å². The van der Waals surface area contributed by atoms with Crippen LogP contribution in [-0.4, -0.2) is 61.9 Å². The Bertz CT molecular complexity index is 213. The predicted octanol–water partition coefficient (Wildman–Crippen LogP) is -0.794. The molecule has 0 atom stereocenters. The van der Waals surface area contributed by atoms with Gasteiger partial charge in [-0.25, -0.2) is 0 Å². The Labute approximate surface area is 90.4 Å². The highest BCUT2D eigenvalue weighted by Gasteiger charge is 2.29. The van der Waals surface area contributed by atoms with Crippen molar-refractivity contribution in [1.29, 1.82) is 0 Å². The fraction of sp³-hybridized carbons (Fsp3) is 0.900.